The summed E-state index contributed by atoms with van der Waals surface area (Å²) >= 11 is 1.80. The molecule has 6 heteroatoms. The molecule has 0 aliphatic carbocycles. The van der Waals surface area contributed by atoms with Crippen molar-refractivity contribution in [2.45, 2.75) is 30.6 Å². The Kier molecular flexibility index (Phi) is 3.96. The van der Waals surface area contributed by atoms with E-state index in [-0.39, 0.29) is 18.3 Å². The molecular weight excluding hydrogens is 288 g/mol. The molecule has 1 aliphatic heterocycles. The lowest BCUT2D eigenvalue weighted by atomic mass is 10.0. The van der Waals surface area contributed by atoms with E-state index >= 15 is 0 Å². The highest BCUT2D eigenvalue weighted by atomic mass is 32.2. The first-order valence-corrected chi connectivity index (χ1v) is 7.88. The number of benzene rings is 1. The average Bonchev–Trinajstić information content (AvgIpc) is 3.03. The van der Waals surface area contributed by atoms with Gasteiger partial charge in [0, 0.05) is 23.5 Å². The molecular formula is C15H16N2O3S. The largest absolute Gasteiger partial charge is 0.481 e. The predicted octanol–water partition coefficient (Wildman–Crippen LogP) is 2.96. The predicted molar refractivity (Wildman–Crippen MR) is 78.4 cm³/mol. The van der Waals surface area contributed by atoms with Gasteiger partial charge in [0.1, 0.15) is 0 Å². The van der Waals surface area contributed by atoms with Gasteiger partial charge in [-0.1, -0.05) is 25.1 Å². The van der Waals surface area contributed by atoms with Crippen LogP contribution in [0.5, 0.6) is 0 Å². The van der Waals surface area contributed by atoms with Crippen LogP contribution >= 0.6 is 11.8 Å². The van der Waals surface area contributed by atoms with E-state index in [0.29, 0.717) is 18.2 Å². The second kappa shape index (κ2) is 5.89. The van der Waals surface area contributed by atoms with Crippen molar-refractivity contribution >= 4 is 17.7 Å². The lowest BCUT2D eigenvalue weighted by Gasteiger charge is -2.05. The smallest absolute Gasteiger partial charge is 0.303 e. The number of aromatic nitrogens is 2. The number of carboxylic acid groups (broad SMARTS) is 1. The van der Waals surface area contributed by atoms with E-state index in [4.69, 9.17) is 9.52 Å². The van der Waals surface area contributed by atoms with Crippen molar-refractivity contribution < 1.29 is 14.3 Å². The molecule has 2 unspecified atom stereocenters. The number of hydrogen-bond donors (Lipinski definition) is 1. The second-order valence-electron chi connectivity index (χ2n) is 5.34. The molecule has 2 heterocycles. The lowest BCUT2D eigenvalue weighted by Crippen LogP contribution is -2.07. The maximum Gasteiger partial charge on any atom is 0.303 e. The highest BCUT2D eigenvalue weighted by molar-refractivity contribution is 7.99. The number of carboxylic acids is 1. The van der Waals surface area contributed by atoms with Crippen molar-refractivity contribution in [3.05, 3.63) is 41.6 Å². The molecule has 3 rings (SSSR count). The van der Waals surface area contributed by atoms with Crippen LogP contribution < -0.4 is 0 Å². The van der Waals surface area contributed by atoms with E-state index in [2.05, 4.69) is 22.3 Å². The number of thioether (sulfide) groups is 1. The summed E-state index contributed by atoms with van der Waals surface area (Å²) < 4.78 is 5.75. The summed E-state index contributed by atoms with van der Waals surface area (Å²) in [5, 5.41) is 17.0. The molecule has 2 atom stereocenters. The van der Waals surface area contributed by atoms with Gasteiger partial charge in [-0.25, -0.2) is 0 Å². The third kappa shape index (κ3) is 3.10. The average molecular weight is 304 g/mol. The van der Waals surface area contributed by atoms with E-state index in [1.165, 1.54) is 10.5 Å². The van der Waals surface area contributed by atoms with Crippen molar-refractivity contribution in [3.8, 4) is 0 Å². The summed E-state index contributed by atoms with van der Waals surface area (Å²) in [6.07, 6.45) is 0.612. The van der Waals surface area contributed by atoms with E-state index in [1.54, 1.807) is 11.8 Å². The van der Waals surface area contributed by atoms with Gasteiger partial charge in [-0.15, -0.1) is 22.0 Å². The zero-order valence-electron chi connectivity index (χ0n) is 11.7. The van der Waals surface area contributed by atoms with E-state index in [0.717, 1.165) is 5.75 Å². The number of carbonyl (C=O) groups is 1. The van der Waals surface area contributed by atoms with Crippen molar-refractivity contribution in [2.24, 2.45) is 5.92 Å². The fourth-order valence-corrected chi connectivity index (χ4v) is 3.75. The molecule has 1 aliphatic rings. The molecule has 1 aromatic carbocycles. The Morgan fingerprint density at radius 1 is 1.48 bits per heavy atom. The second-order valence-corrected chi connectivity index (χ2v) is 6.40. The highest BCUT2D eigenvalue weighted by Crippen LogP contribution is 2.42. The third-order valence-corrected chi connectivity index (χ3v) is 4.71. The molecule has 0 amide bonds. The summed E-state index contributed by atoms with van der Waals surface area (Å²) in [5.74, 6) is 1.38. The molecule has 2 aromatic rings. The van der Waals surface area contributed by atoms with Crippen LogP contribution in [0.4, 0.5) is 0 Å². The van der Waals surface area contributed by atoms with Crippen molar-refractivity contribution in [2.75, 3.05) is 5.75 Å². The fourth-order valence-electron chi connectivity index (χ4n) is 2.53. The monoisotopic (exact) mass is 304 g/mol. The fraction of sp³-hybridized carbons (Fsp3) is 0.400. The summed E-state index contributed by atoms with van der Waals surface area (Å²) in [6, 6.07) is 8.24. The first kappa shape index (κ1) is 14.1. The first-order valence-electron chi connectivity index (χ1n) is 6.89. The zero-order valence-corrected chi connectivity index (χ0v) is 12.5. The molecule has 0 saturated carbocycles. The van der Waals surface area contributed by atoms with Crippen LogP contribution in [-0.4, -0.2) is 27.0 Å². The Morgan fingerprint density at radius 2 is 2.29 bits per heavy atom. The molecule has 0 saturated heterocycles. The van der Waals surface area contributed by atoms with Crippen LogP contribution in [0.2, 0.25) is 0 Å². The van der Waals surface area contributed by atoms with Gasteiger partial charge < -0.3 is 9.52 Å². The van der Waals surface area contributed by atoms with Gasteiger partial charge in [-0.2, -0.15) is 0 Å². The van der Waals surface area contributed by atoms with Gasteiger partial charge in [0.2, 0.25) is 11.8 Å². The van der Waals surface area contributed by atoms with Crippen molar-refractivity contribution in [3.63, 3.8) is 0 Å². The molecule has 110 valence electrons. The van der Waals surface area contributed by atoms with Gasteiger partial charge >= 0.3 is 5.97 Å². The van der Waals surface area contributed by atoms with Gasteiger partial charge in [-0.3, -0.25) is 4.79 Å². The maximum absolute atomic E-state index is 10.7. The van der Waals surface area contributed by atoms with Crippen LogP contribution in [0, 0.1) is 5.92 Å². The van der Waals surface area contributed by atoms with Crippen LogP contribution in [0.25, 0.3) is 0 Å². The summed E-state index contributed by atoms with van der Waals surface area (Å²) in [7, 11) is 0. The molecule has 0 spiro atoms. The molecule has 0 bridgehead atoms. The molecule has 5 nitrogen and oxygen atoms in total. The number of nitrogens with zero attached hydrogens (tertiary/aromatic N) is 2. The van der Waals surface area contributed by atoms with Crippen LogP contribution in [0.1, 0.15) is 36.6 Å². The van der Waals surface area contributed by atoms with Gasteiger partial charge in [0.05, 0.1) is 5.92 Å². The van der Waals surface area contributed by atoms with E-state index in [1.807, 2.05) is 19.1 Å². The number of fused-ring (bicyclic) bond motifs is 1. The Bertz CT molecular complexity index is 656. The zero-order chi connectivity index (χ0) is 14.8. The number of hydrogen-bond acceptors (Lipinski definition) is 5. The Labute approximate surface area is 126 Å². The minimum Gasteiger partial charge on any atom is -0.481 e. The van der Waals surface area contributed by atoms with Gasteiger partial charge in [0.25, 0.3) is 0 Å². The Hall–Kier alpha value is -1.82. The normalized spacial score (nSPS) is 18.4. The number of aliphatic carboxylic acids is 1. The van der Waals surface area contributed by atoms with Crippen molar-refractivity contribution in [1.82, 2.24) is 10.2 Å². The number of rotatable bonds is 5. The quantitative estimate of drug-likeness (QED) is 0.915. The minimum atomic E-state index is -0.802. The Morgan fingerprint density at radius 3 is 3.10 bits per heavy atom. The third-order valence-electron chi connectivity index (χ3n) is 3.53. The summed E-state index contributed by atoms with van der Waals surface area (Å²) in [6.45, 7) is 1.87. The molecule has 0 radical (unpaired) electrons. The summed E-state index contributed by atoms with van der Waals surface area (Å²) in [4.78, 5) is 11.9. The topological polar surface area (TPSA) is 76.2 Å². The van der Waals surface area contributed by atoms with Crippen LogP contribution in [0.3, 0.4) is 0 Å². The molecule has 1 N–H and O–H groups in total. The Balaban J connectivity index is 1.73. The highest BCUT2D eigenvalue weighted by Gasteiger charge is 2.29. The lowest BCUT2D eigenvalue weighted by molar-refractivity contribution is -0.137. The summed E-state index contributed by atoms with van der Waals surface area (Å²) in [5.41, 5.74) is 1.23. The molecule has 0 fully saturated rings. The molecule has 1 aromatic heterocycles. The maximum atomic E-state index is 10.7. The van der Waals surface area contributed by atoms with Crippen molar-refractivity contribution in [1.29, 1.82) is 0 Å². The standard InChI is InChI=1S/C15H16N2O3S/c1-9(7-14(18)19)6-13-16-17-15(20-13)11-8-21-12-5-3-2-4-10(11)12/h2-5,9,11H,6-8H2,1H3,(H,18,19). The van der Waals surface area contributed by atoms with Gasteiger partial charge in [-0.05, 0) is 17.5 Å². The van der Waals surface area contributed by atoms with Gasteiger partial charge in [0.15, 0.2) is 0 Å². The van der Waals surface area contributed by atoms with Crippen LogP contribution in [0.15, 0.2) is 33.6 Å². The van der Waals surface area contributed by atoms with Crippen LogP contribution in [-0.2, 0) is 11.2 Å². The molecule has 21 heavy (non-hydrogen) atoms. The SMILES string of the molecule is CC(CC(=O)O)Cc1nnc(C2CSc3ccccc32)o1. The van der Waals surface area contributed by atoms with E-state index in [9.17, 15) is 4.79 Å². The minimum absolute atomic E-state index is 0.0129. The first-order chi connectivity index (χ1) is 10.1. The van der Waals surface area contributed by atoms with E-state index < -0.39 is 5.97 Å².